The molecule has 1 atom stereocenters. The molecule has 0 aliphatic heterocycles. The van der Waals surface area contributed by atoms with Gasteiger partial charge in [0.25, 0.3) is 0 Å². The summed E-state index contributed by atoms with van der Waals surface area (Å²) in [5.74, 6) is -0.130. The minimum atomic E-state index is -3.79. The molecule has 25 heavy (non-hydrogen) atoms. The predicted molar refractivity (Wildman–Crippen MR) is 102 cm³/mol. The highest BCUT2D eigenvalue weighted by molar-refractivity contribution is 7.89. The Morgan fingerprint density at radius 1 is 1.12 bits per heavy atom. The lowest BCUT2D eigenvalue weighted by Crippen LogP contribution is -2.46. The van der Waals surface area contributed by atoms with E-state index in [0.29, 0.717) is 17.5 Å². The topological polar surface area (TPSA) is 75.3 Å². The first-order chi connectivity index (χ1) is 11.3. The second-order valence-electron chi connectivity index (χ2n) is 8.11. The number of rotatable bonds is 6. The molecule has 0 saturated heterocycles. The van der Waals surface area contributed by atoms with Crippen LogP contribution in [0.5, 0.6) is 0 Å². The van der Waals surface area contributed by atoms with Gasteiger partial charge in [0.2, 0.25) is 15.9 Å². The fraction of sp³-hybridized carbons (Fsp3) is 0.632. The quantitative estimate of drug-likeness (QED) is 0.810. The summed E-state index contributed by atoms with van der Waals surface area (Å²) in [5.41, 5.74) is 2.41. The molecule has 2 N–H and O–H groups in total. The molecule has 0 unspecified atom stereocenters. The molecular formula is C19H32N2O3S. The lowest BCUT2D eigenvalue weighted by Gasteiger charge is -2.24. The first-order valence-corrected chi connectivity index (χ1v) is 10.1. The molecule has 0 spiro atoms. The second-order valence-corrected chi connectivity index (χ2v) is 9.76. The average Bonchev–Trinajstić information content (AvgIpc) is 2.42. The van der Waals surface area contributed by atoms with Crippen molar-refractivity contribution >= 4 is 15.9 Å². The van der Waals surface area contributed by atoms with Crippen molar-refractivity contribution in [2.24, 2.45) is 5.92 Å². The molecule has 0 heterocycles. The Labute approximate surface area is 152 Å². The van der Waals surface area contributed by atoms with Crippen molar-refractivity contribution in [3.63, 3.8) is 0 Å². The van der Waals surface area contributed by atoms with Gasteiger partial charge in [-0.05, 0) is 48.3 Å². The Balaban J connectivity index is 3.31. The largest absolute Gasteiger partial charge is 0.358 e. The van der Waals surface area contributed by atoms with Gasteiger partial charge >= 0.3 is 0 Å². The van der Waals surface area contributed by atoms with Crippen molar-refractivity contribution in [3.05, 3.63) is 28.8 Å². The van der Waals surface area contributed by atoms with E-state index in [0.717, 1.165) is 5.56 Å². The van der Waals surface area contributed by atoms with Gasteiger partial charge in [0.1, 0.15) is 6.04 Å². The zero-order valence-electron chi connectivity index (χ0n) is 16.6. The lowest BCUT2D eigenvalue weighted by atomic mass is 9.85. The van der Waals surface area contributed by atoms with Crippen molar-refractivity contribution in [2.45, 2.75) is 71.2 Å². The Hall–Kier alpha value is -1.40. The van der Waals surface area contributed by atoms with Gasteiger partial charge in [-0.15, -0.1) is 0 Å². The first kappa shape index (κ1) is 21.6. The van der Waals surface area contributed by atoms with Crippen molar-refractivity contribution in [1.29, 1.82) is 0 Å². The molecule has 0 fully saturated rings. The van der Waals surface area contributed by atoms with Crippen molar-refractivity contribution in [3.8, 4) is 0 Å². The van der Waals surface area contributed by atoms with E-state index >= 15 is 0 Å². The van der Waals surface area contributed by atoms with Crippen molar-refractivity contribution in [2.75, 3.05) is 7.05 Å². The molecule has 142 valence electrons. The van der Waals surface area contributed by atoms with E-state index in [1.165, 1.54) is 7.05 Å². The van der Waals surface area contributed by atoms with Crippen LogP contribution in [0.4, 0.5) is 0 Å². The maximum Gasteiger partial charge on any atom is 0.241 e. The number of likely N-dealkylation sites (N-methyl/N-ethyl adjacent to an activating group) is 1. The number of carbonyl (C=O) groups is 1. The molecule has 0 aliphatic carbocycles. The molecule has 6 heteroatoms. The predicted octanol–water partition coefficient (Wildman–Crippen LogP) is 3.04. The van der Waals surface area contributed by atoms with E-state index in [2.05, 4.69) is 30.8 Å². The Kier molecular flexibility index (Phi) is 6.81. The van der Waals surface area contributed by atoms with Gasteiger partial charge in [-0.2, -0.15) is 4.72 Å². The maximum absolute atomic E-state index is 13.0. The van der Waals surface area contributed by atoms with Crippen LogP contribution in [0, 0.1) is 19.8 Å². The average molecular weight is 369 g/mol. The van der Waals surface area contributed by atoms with Crippen molar-refractivity contribution in [1.82, 2.24) is 10.0 Å². The summed E-state index contributed by atoms with van der Waals surface area (Å²) in [6, 6.07) is 3.05. The maximum atomic E-state index is 13.0. The second kappa shape index (κ2) is 7.87. The van der Waals surface area contributed by atoms with E-state index in [1.54, 1.807) is 13.8 Å². The number of amides is 1. The van der Waals surface area contributed by atoms with Gasteiger partial charge < -0.3 is 5.32 Å². The van der Waals surface area contributed by atoms with Gasteiger partial charge in [0, 0.05) is 7.05 Å². The minimum Gasteiger partial charge on any atom is -0.358 e. The lowest BCUT2D eigenvalue weighted by molar-refractivity contribution is -0.122. The summed E-state index contributed by atoms with van der Waals surface area (Å²) < 4.78 is 28.5. The summed E-state index contributed by atoms with van der Waals surface area (Å²) in [7, 11) is -2.28. The highest BCUT2D eigenvalue weighted by Crippen LogP contribution is 2.29. The van der Waals surface area contributed by atoms with Crippen LogP contribution in [-0.2, 0) is 20.2 Å². The summed E-state index contributed by atoms with van der Waals surface area (Å²) in [4.78, 5) is 12.3. The van der Waals surface area contributed by atoms with Crippen LogP contribution < -0.4 is 10.0 Å². The molecule has 0 bridgehead atoms. The monoisotopic (exact) mass is 368 g/mol. The zero-order chi connectivity index (χ0) is 19.6. The van der Waals surface area contributed by atoms with E-state index in [4.69, 9.17) is 0 Å². The van der Waals surface area contributed by atoms with Gasteiger partial charge in [0.15, 0.2) is 0 Å². The molecule has 1 rings (SSSR count). The Bertz CT molecular complexity index is 709. The number of hydrogen-bond acceptors (Lipinski definition) is 3. The van der Waals surface area contributed by atoms with Crippen molar-refractivity contribution < 1.29 is 13.2 Å². The third kappa shape index (κ3) is 5.54. The first-order valence-electron chi connectivity index (χ1n) is 8.65. The standard InChI is InChI=1S/C19H32N2O3S/c1-12(2)9-16(18(22)20-8)21-25(23,24)17-13(3)10-15(11-14(17)4)19(5,6)7/h10-12,16,21H,9H2,1-8H3,(H,20,22)/t16-/m1/s1. The van der Waals surface area contributed by atoms with Crippen LogP contribution in [0.3, 0.4) is 0 Å². The van der Waals surface area contributed by atoms with E-state index in [1.807, 2.05) is 26.0 Å². The summed E-state index contributed by atoms with van der Waals surface area (Å²) >= 11 is 0. The van der Waals surface area contributed by atoms with Crippen LogP contribution in [0.15, 0.2) is 17.0 Å². The highest BCUT2D eigenvalue weighted by Gasteiger charge is 2.29. The van der Waals surface area contributed by atoms with E-state index < -0.39 is 16.1 Å². The van der Waals surface area contributed by atoms with Crippen LogP contribution in [0.25, 0.3) is 0 Å². The fourth-order valence-electron chi connectivity index (χ4n) is 2.91. The Morgan fingerprint density at radius 3 is 1.96 bits per heavy atom. The molecular weight excluding hydrogens is 336 g/mol. The normalized spacial score (nSPS) is 13.8. The number of sulfonamides is 1. The number of carbonyl (C=O) groups excluding carboxylic acids is 1. The SMILES string of the molecule is CNC(=O)[C@@H](CC(C)C)NS(=O)(=O)c1c(C)cc(C(C)(C)C)cc1C. The van der Waals surface area contributed by atoms with Crippen LogP contribution in [0.1, 0.15) is 57.7 Å². The van der Waals surface area contributed by atoms with Crippen LogP contribution >= 0.6 is 0 Å². The smallest absolute Gasteiger partial charge is 0.241 e. The number of nitrogens with one attached hydrogen (secondary N) is 2. The van der Waals surface area contributed by atoms with Gasteiger partial charge in [-0.3, -0.25) is 4.79 Å². The minimum absolute atomic E-state index is 0.0620. The third-order valence-electron chi connectivity index (χ3n) is 4.16. The highest BCUT2D eigenvalue weighted by atomic mass is 32.2. The summed E-state index contributed by atoms with van der Waals surface area (Å²) in [6.07, 6.45) is 0.442. The molecule has 0 aliphatic rings. The molecule has 1 amide bonds. The molecule has 0 radical (unpaired) electrons. The van der Waals surface area contributed by atoms with Gasteiger partial charge in [-0.1, -0.05) is 46.8 Å². The van der Waals surface area contributed by atoms with Gasteiger partial charge in [-0.25, -0.2) is 8.42 Å². The number of hydrogen-bond donors (Lipinski definition) is 2. The Morgan fingerprint density at radius 2 is 1.60 bits per heavy atom. The fourth-order valence-corrected chi connectivity index (χ4v) is 4.57. The zero-order valence-corrected chi connectivity index (χ0v) is 17.5. The molecule has 0 aromatic heterocycles. The van der Waals surface area contributed by atoms with Crippen LogP contribution in [0.2, 0.25) is 0 Å². The van der Waals surface area contributed by atoms with E-state index in [9.17, 15) is 13.2 Å². The van der Waals surface area contributed by atoms with Crippen LogP contribution in [-0.4, -0.2) is 27.4 Å². The molecule has 1 aromatic carbocycles. The third-order valence-corrected chi connectivity index (χ3v) is 5.94. The summed E-state index contributed by atoms with van der Waals surface area (Å²) in [5, 5.41) is 2.54. The van der Waals surface area contributed by atoms with E-state index in [-0.39, 0.29) is 22.1 Å². The molecule has 0 saturated carbocycles. The molecule has 5 nitrogen and oxygen atoms in total. The summed E-state index contributed by atoms with van der Waals surface area (Å²) in [6.45, 7) is 13.8. The molecule has 1 aromatic rings. The van der Waals surface area contributed by atoms with Gasteiger partial charge in [0.05, 0.1) is 4.90 Å². The number of aryl methyl sites for hydroxylation is 2. The number of benzene rings is 1.